The Labute approximate surface area is 173 Å². The molecule has 2 aromatic heterocycles. The van der Waals surface area contributed by atoms with E-state index in [1.54, 1.807) is 28.8 Å². The highest BCUT2D eigenvalue weighted by Gasteiger charge is 2.19. The minimum absolute atomic E-state index is 0.147. The SMILES string of the molecule is CC(C)Cn1c(=O)c2[nH]c(-c3ccc(/C=C/C(=O)O)cc3)nc2n(CC(C)C)c1=O. The maximum Gasteiger partial charge on any atom is 0.332 e. The molecule has 0 atom stereocenters. The van der Waals surface area contributed by atoms with Crippen molar-refractivity contribution >= 4 is 23.2 Å². The molecule has 0 bridgehead atoms. The number of hydrogen-bond donors (Lipinski definition) is 2. The largest absolute Gasteiger partial charge is 0.478 e. The van der Waals surface area contributed by atoms with Crippen LogP contribution in [0.15, 0.2) is 39.9 Å². The van der Waals surface area contributed by atoms with E-state index in [4.69, 9.17) is 5.11 Å². The van der Waals surface area contributed by atoms with Gasteiger partial charge in [0, 0.05) is 24.7 Å². The Kier molecular flexibility index (Phi) is 6.05. The fourth-order valence-corrected chi connectivity index (χ4v) is 3.28. The number of fused-ring (bicyclic) bond motifs is 1. The lowest BCUT2D eigenvalue weighted by Crippen LogP contribution is -2.41. The number of aliphatic carboxylic acids is 1. The molecule has 0 aliphatic rings. The lowest BCUT2D eigenvalue weighted by Gasteiger charge is -2.14. The second kappa shape index (κ2) is 8.52. The Morgan fingerprint density at radius 3 is 2.23 bits per heavy atom. The normalized spacial score (nSPS) is 11.9. The van der Waals surface area contributed by atoms with Gasteiger partial charge in [-0.2, -0.15) is 0 Å². The lowest BCUT2D eigenvalue weighted by atomic mass is 10.1. The fourth-order valence-electron chi connectivity index (χ4n) is 3.28. The Bertz CT molecular complexity index is 1210. The smallest absolute Gasteiger partial charge is 0.332 e. The number of rotatable bonds is 7. The van der Waals surface area contributed by atoms with Crippen LogP contribution in [-0.4, -0.2) is 30.2 Å². The molecule has 3 aromatic rings. The number of H-pyrrole nitrogens is 1. The zero-order chi connectivity index (χ0) is 22.0. The quantitative estimate of drug-likeness (QED) is 0.582. The monoisotopic (exact) mass is 410 g/mol. The van der Waals surface area contributed by atoms with Crippen LogP contribution in [0, 0.1) is 11.8 Å². The number of aromatic nitrogens is 4. The van der Waals surface area contributed by atoms with Crippen LogP contribution >= 0.6 is 0 Å². The second-order valence-corrected chi connectivity index (χ2v) is 8.17. The summed E-state index contributed by atoms with van der Waals surface area (Å²) in [7, 11) is 0. The number of nitrogens with one attached hydrogen (secondary N) is 1. The van der Waals surface area contributed by atoms with Crippen LogP contribution in [0.4, 0.5) is 0 Å². The highest BCUT2D eigenvalue weighted by atomic mass is 16.4. The first-order valence-electron chi connectivity index (χ1n) is 9.92. The minimum atomic E-state index is -1.02. The van der Waals surface area contributed by atoms with Crippen molar-refractivity contribution in [3.63, 3.8) is 0 Å². The summed E-state index contributed by atoms with van der Waals surface area (Å²) in [5.74, 6) is -0.183. The lowest BCUT2D eigenvalue weighted by molar-refractivity contribution is -0.131. The number of hydrogen-bond acceptors (Lipinski definition) is 4. The molecule has 1 aromatic carbocycles. The van der Waals surface area contributed by atoms with Crippen molar-refractivity contribution in [3.05, 3.63) is 56.7 Å². The highest BCUT2D eigenvalue weighted by molar-refractivity contribution is 5.85. The zero-order valence-electron chi connectivity index (χ0n) is 17.5. The van der Waals surface area contributed by atoms with E-state index in [1.807, 2.05) is 27.7 Å². The van der Waals surface area contributed by atoms with Crippen molar-refractivity contribution in [3.8, 4) is 11.4 Å². The molecule has 8 heteroatoms. The number of nitrogens with zero attached hydrogens (tertiary/aromatic N) is 3. The molecule has 0 spiro atoms. The highest BCUT2D eigenvalue weighted by Crippen LogP contribution is 2.20. The van der Waals surface area contributed by atoms with Gasteiger partial charge in [0.25, 0.3) is 5.56 Å². The molecule has 0 saturated heterocycles. The Hall–Kier alpha value is -3.42. The van der Waals surface area contributed by atoms with Gasteiger partial charge in [0.2, 0.25) is 0 Å². The number of carbonyl (C=O) groups is 1. The van der Waals surface area contributed by atoms with E-state index in [1.165, 1.54) is 10.6 Å². The van der Waals surface area contributed by atoms with Crippen molar-refractivity contribution in [2.24, 2.45) is 11.8 Å². The molecule has 0 unspecified atom stereocenters. The van der Waals surface area contributed by atoms with E-state index >= 15 is 0 Å². The van der Waals surface area contributed by atoms with E-state index < -0.39 is 5.97 Å². The van der Waals surface area contributed by atoms with Gasteiger partial charge in [-0.15, -0.1) is 0 Å². The molecule has 0 aliphatic carbocycles. The number of carboxylic acids is 1. The molecule has 0 saturated carbocycles. The van der Waals surface area contributed by atoms with Gasteiger partial charge in [-0.3, -0.25) is 13.9 Å². The molecule has 0 fully saturated rings. The van der Waals surface area contributed by atoms with E-state index in [2.05, 4.69) is 9.97 Å². The molecule has 3 rings (SSSR count). The van der Waals surface area contributed by atoms with Crippen molar-refractivity contribution in [2.75, 3.05) is 0 Å². The van der Waals surface area contributed by atoms with Crippen LogP contribution in [0.25, 0.3) is 28.6 Å². The first-order chi connectivity index (χ1) is 14.2. The number of carboxylic acid groups (broad SMARTS) is 1. The molecule has 0 radical (unpaired) electrons. The maximum atomic E-state index is 13.0. The Morgan fingerprint density at radius 1 is 1.07 bits per heavy atom. The first kappa shape index (κ1) is 21.3. The second-order valence-electron chi connectivity index (χ2n) is 8.17. The maximum absolute atomic E-state index is 13.0. The molecule has 8 nitrogen and oxygen atoms in total. The molecule has 2 heterocycles. The summed E-state index contributed by atoms with van der Waals surface area (Å²) >= 11 is 0. The summed E-state index contributed by atoms with van der Waals surface area (Å²) in [6, 6.07) is 7.11. The third-order valence-electron chi connectivity index (χ3n) is 4.56. The molecule has 0 aliphatic heterocycles. The summed E-state index contributed by atoms with van der Waals surface area (Å²) in [5, 5.41) is 8.74. The van der Waals surface area contributed by atoms with Crippen LogP contribution in [-0.2, 0) is 17.9 Å². The van der Waals surface area contributed by atoms with Gasteiger partial charge in [-0.05, 0) is 23.5 Å². The van der Waals surface area contributed by atoms with Crippen molar-refractivity contribution < 1.29 is 9.90 Å². The average molecular weight is 410 g/mol. The fraction of sp³-hybridized carbons (Fsp3) is 0.364. The van der Waals surface area contributed by atoms with Gasteiger partial charge in [0.05, 0.1) is 0 Å². The van der Waals surface area contributed by atoms with Crippen LogP contribution in [0.5, 0.6) is 0 Å². The van der Waals surface area contributed by atoms with Gasteiger partial charge < -0.3 is 10.1 Å². The van der Waals surface area contributed by atoms with E-state index in [9.17, 15) is 14.4 Å². The molecular formula is C22H26N4O4. The van der Waals surface area contributed by atoms with Gasteiger partial charge in [-0.25, -0.2) is 14.6 Å². The number of aromatic amines is 1. The topological polar surface area (TPSA) is 110 Å². The van der Waals surface area contributed by atoms with Gasteiger partial charge >= 0.3 is 11.7 Å². The van der Waals surface area contributed by atoms with E-state index in [0.29, 0.717) is 30.1 Å². The summed E-state index contributed by atoms with van der Waals surface area (Å²) in [5.41, 5.74) is 1.40. The average Bonchev–Trinajstić information content (AvgIpc) is 3.12. The zero-order valence-corrected chi connectivity index (χ0v) is 17.5. The summed E-state index contributed by atoms with van der Waals surface area (Å²) in [6.07, 6.45) is 2.56. The van der Waals surface area contributed by atoms with Crippen molar-refractivity contribution in [2.45, 2.75) is 40.8 Å². The van der Waals surface area contributed by atoms with E-state index in [-0.39, 0.29) is 23.1 Å². The summed E-state index contributed by atoms with van der Waals surface area (Å²) < 4.78 is 2.84. The third-order valence-corrected chi connectivity index (χ3v) is 4.56. The van der Waals surface area contributed by atoms with Crippen LogP contribution in [0.1, 0.15) is 33.3 Å². The number of benzene rings is 1. The molecule has 0 amide bonds. The number of imidazole rings is 1. The first-order valence-corrected chi connectivity index (χ1v) is 9.92. The Morgan fingerprint density at radius 2 is 1.67 bits per heavy atom. The van der Waals surface area contributed by atoms with Crippen LogP contribution in [0.3, 0.4) is 0 Å². The minimum Gasteiger partial charge on any atom is -0.478 e. The van der Waals surface area contributed by atoms with Gasteiger partial charge in [0.15, 0.2) is 5.65 Å². The summed E-state index contributed by atoms with van der Waals surface area (Å²) in [6.45, 7) is 8.73. The predicted octanol–water partition coefficient (Wildman–Crippen LogP) is 2.96. The molecular weight excluding hydrogens is 384 g/mol. The van der Waals surface area contributed by atoms with Gasteiger partial charge in [-0.1, -0.05) is 52.0 Å². The third kappa shape index (κ3) is 4.42. The van der Waals surface area contributed by atoms with E-state index in [0.717, 1.165) is 17.2 Å². The van der Waals surface area contributed by atoms with Crippen molar-refractivity contribution in [1.82, 2.24) is 19.1 Å². The standard InChI is InChI=1S/C22H26N4O4/c1-13(2)11-25-20-18(21(29)26(22(25)30)12-14(3)4)23-19(24-20)16-8-5-15(6-9-16)7-10-17(27)28/h5-10,13-14H,11-12H2,1-4H3,(H,23,24)(H,27,28)/b10-7+. The molecule has 158 valence electrons. The molecule has 30 heavy (non-hydrogen) atoms. The van der Waals surface area contributed by atoms with Crippen LogP contribution in [0.2, 0.25) is 0 Å². The van der Waals surface area contributed by atoms with Crippen LogP contribution < -0.4 is 11.2 Å². The predicted molar refractivity (Wildman–Crippen MR) is 116 cm³/mol. The Balaban J connectivity index is 2.15. The van der Waals surface area contributed by atoms with Crippen molar-refractivity contribution in [1.29, 1.82) is 0 Å². The summed E-state index contributed by atoms with van der Waals surface area (Å²) in [4.78, 5) is 44.3. The molecule has 2 N–H and O–H groups in total. The van der Waals surface area contributed by atoms with Gasteiger partial charge in [0.1, 0.15) is 11.3 Å².